The van der Waals surface area contributed by atoms with Crippen LogP contribution in [0.4, 0.5) is 11.4 Å². The van der Waals surface area contributed by atoms with Crippen LogP contribution in [0, 0.1) is 6.92 Å². The predicted molar refractivity (Wildman–Crippen MR) is 108 cm³/mol. The van der Waals surface area contributed by atoms with E-state index in [9.17, 15) is 9.59 Å². The Kier molecular flexibility index (Phi) is 4.73. The average Bonchev–Trinajstić information content (AvgIpc) is 3.30. The molecule has 1 aliphatic heterocycles. The number of benzene rings is 2. The number of hydrogen-bond donors (Lipinski definition) is 1. The van der Waals surface area contributed by atoms with Crippen LogP contribution in [0.3, 0.4) is 0 Å². The van der Waals surface area contributed by atoms with Crippen molar-refractivity contribution in [2.75, 3.05) is 16.8 Å². The quantitative estimate of drug-likeness (QED) is 0.728. The van der Waals surface area contributed by atoms with Crippen molar-refractivity contribution < 1.29 is 9.59 Å². The van der Waals surface area contributed by atoms with Crippen LogP contribution >= 0.6 is 11.3 Å². The number of anilines is 2. The number of hydrogen-bond acceptors (Lipinski definition) is 4. The molecule has 3 aromatic rings. The van der Waals surface area contributed by atoms with Gasteiger partial charge in [-0.25, -0.2) is 4.98 Å². The molecule has 0 bridgehead atoms. The van der Waals surface area contributed by atoms with Crippen molar-refractivity contribution in [3.05, 3.63) is 64.5 Å². The summed E-state index contributed by atoms with van der Waals surface area (Å²) in [5, 5.41) is 5.95. The lowest BCUT2D eigenvalue weighted by atomic mass is 10.1. The molecule has 1 aliphatic rings. The third-order valence-corrected chi connectivity index (χ3v) is 5.32. The molecule has 0 atom stereocenters. The third-order valence-electron chi connectivity index (χ3n) is 4.55. The van der Waals surface area contributed by atoms with Gasteiger partial charge in [0.2, 0.25) is 5.91 Å². The van der Waals surface area contributed by atoms with Gasteiger partial charge in [-0.15, -0.1) is 11.3 Å². The second-order valence-electron chi connectivity index (χ2n) is 6.48. The number of carbonyl (C=O) groups excluding carboxylic acids is 2. The Balaban J connectivity index is 1.48. The molecule has 0 spiro atoms. The van der Waals surface area contributed by atoms with E-state index in [2.05, 4.69) is 10.3 Å². The summed E-state index contributed by atoms with van der Waals surface area (Å²) < 4.78 is 0. The molecule has 1 saturated heterocycles. The molecule has 0 unspecified atom stereocenters. The number of amides is 2. The molecule has 136 valence electrons. The van der Waals surface area contributed by atoms with Gasteiger partial charge in [-0.05, 0) is 49.7 Å². The van der Waals surface area contributed by atoms with Gasteiger partial charge in [0.15, 0.2) is 0 Å². The largest absolute Gasteiger partial charge is 0.322 e. The van der Waals surface area contributed by atoms with E-state index in [0.29, 0.717) is 12.0 Å². The number of nitrogens with zero attached hydrogens (tertiary/aromatic N) is 2. The minimum atomic E-state index is -0.180. The summed E-state index contributed by atoms with van der Waals surface area (Å²) >= 11 is 1.60. The van der Waals surface area contributed by atoms with E-state index in [4.69, 9.17) is 0 Å². The maximum Gasteiger partial charge on any atom is 0.255 e. The molecule has 1 fully saturated rings. The van der Waals surface area contributed by atoms with Crippen LogP contribution in [0.1, 0.15) is 28.2 Å². The topological polar surface area (TPSA) is 62.3 Å². The summed E-state index contributed by atoms with van der Waals surface area (Å²) in [5.74, 6) is -0.0396. The number of rotatable bonds is 4. The van der Waals surface area contributed by atoms with Crippen molar-refractivity contribution in [1.82, 2.24) is 4.98 Å². The summed E-state index contributed by atoms with van der Waals surface area (Å²) in [7, 11) is 0. The fourth-order valence-corrected chi connectivity index (χ4v) is 3.79. The lowest BCUT2D eigenvalue weighted by Gasteiger charge is -2.15. The molecule has 0 aliphatic carbocycles. The first kappa shape index (κ1) is 17.4. The second-order valence-corrected chi connectivity index (χ2v) is 7.54. The monoisotopic (exact) mass is 377 g/mol. The summed E-state index contributed by atoms with van der Waals surface area (Å²) in [6.45, 7) is 2.71. The summed E-state index contributed by atoms with van der Waals surface area (Å²) in [6, 6.07) is 14.8. The number of aromatic nitrogens is 1. The van der Waals surface area contributed by atoms with Crippen LogP contribution in [-0.4, -0.2) is 23.3 Å². The Morgan fingerprint density at radius 3 is 2.67 bits per heavy atom. The molecule has 6 heteroatoms. The van der Waals surface area contributed by atoms with Crippen molar-refractivity contribution in [3.8, 4) is 11.3 Å². The zero-order valence-corrected chi connectivity index (χ0v) is 15.8. The average molecular weight is 377 g/mol. The van der Waals surface area contributed by atoms with E-state index < -0.39 is 0 Å². The molecular formula is C21H19N3O2S. The zero-order chi connectivity index (χ0) is 18.8. The van der Waals surface area contributed by atoms with Gasteiger partial charge in [0.1, 0.15) is 0 Å². The highest BCUT2D eigenvalue weighted by Crippen LogP contribution is 2.25. The molecular weight excluding hydrogens is 358 g/mol. The van der Waals surface area contributed by atoms with E-state index in [1.54, 1.807) is 28.4 Å². The summed E-state index contributed by atoms with van der Waals surface area (Å²) in [4.78, 5) is 30.6. The van der Waals surface area contributed by atoms with Crippen molar-refractivity contribution in [2.24, 2.45) is 0 Å². The molecule has 4 rings (SSSR count). The van der Waals surface area contributed by atoms with Crippen LogP contribution in [0.25, 0.3) is 11.3 Å². The second kappa shape index (κ2) is 7.32. The number of thiazole rings is 1. The van der Waals surface area contributed by atoms with Crippen molar-refractivity contribution in [1.29, 1.82) is 0 Å². The van der Waals surface area contributed by atoms with Gasteiger partial charge in [0.05, 0.1) is 10.7 Å². The first-order valence-corrected chi connectivity index (χ1v) is 9.72. The number of nitrogens with one attached hydrogen (secondary N) is 1. The van der Waals surface area contributed by atoms with E-state index >= 15 is 0 Å². The highest BCUT2D eigenvalue weighted by molar-refractivity contribution is 7.09. The third kappa shape index (κ3) is 3.75. The molecule has 2 amide bonds. The van der Waals surface area contributed by atoms with Crippen LogP contribution < -0.4 is 10.2 Å². The first-order chi connectivity index (χ1) is 13.1. The van der Waals surface area contributed by atoms with Crippen molar-refractivity contribution in [3.63, 3.8) is 0 Å². The summed E-state index contributed by atoms with van der Waals surface area (Å²) in [5.41, 5.74) is 4.01. The minimum Gasteiger partial charge on any atom is -0.322 e. The van der Waals surface area contributed by atoms with Gasteiger partial charge >= 0.3 is 0 Å². The molecule has 27 heavy (non-hydrogen) atoms. The molecule has 2 aromatic carbocycles. The SMILES string of the molecule is Cc1nc(-c2cccc(NC(=O)c3ccc(N4CCCC4=O)cc3)c2)cs1. The van der Waals surface area contributed by atoms with Gasteiger partial charge in [-0.2, -0.15) is 0 Å². The van der Waals surface area contributed by atoms with Crippen molar-refractivity contribution >= 4 is 34.5 Å². The highest BCUT2D eigenvalue weighted by Gasteiger charge is 2.21. The maximum absolute atomic E-state index is 12.6. The van der Waals surface area contributed by atoms with Gasteiger partial charge < -0.3 is 10.2 Å². The zero-order valence-electron chi connectivity index (χ0n) is 14.9. The standard InChI is InChI=1S/C21H19N3O2S/c1-14-22-19(13-27-14)16-4-2-5-17(12-16)23-21(26)15-7-9-18(10-8-15)24-11-3-6-20(24)25/h2,4-5,7-10,12-13H,3,6,11H2,1H3,(H,23,26). The fraction of sp³-hybridized carbons (Fsp3) is 0.190. The van der Waals surface area contributed by atoms with Crippen LogP contribution in [0.2, 0.25) is 0 Å². The van der Waals surface area contributed by atoms with E-state index in [-0.39, 0.29) is 11.8 Å². The fourth-order valence-electron chi connectivity index (χ4n) is 3.17. The first-order valence-electron chi connectivity index (χ1n) is 8.84. The Morgan fingerprint density at radius 2 is 2.00 bits per heavy atom. The lowest BCUT2D eigenvalue weighted by molar-refractivity contribution is -0.117. The Bertz CT molecular complexity index is 995. The predicted octanol–water partition coefficient (Wildman–Crippen LogP) is 4.50. The normalized spacial score (nSPS) is 13.8. The molecule has 0 saturated carbocycles. The summed E-state index contributed by atoms with van der Waals surface area (Å²) in [6.07, 6.45) is 1.48. The number of carbonyl (C=O) groups is 2. The van der Waals surface area contributed by atoms with Crippen LogP contribution in [0.15, 0.2) is 53.9 Å². The molecule has 1 aromatic heterocycles. The molecule has 1 N–H and O–H groups in total. The van der Waals surface area contributed by atoms with E-state index in [0.717, 1.165) is 40.6 Å². The lowest BCUT2D eigenvalue weighted by Crippen LogP contribution is -2.23. The molecule has 0 radical (unpaired) electrons. The number of aryl methyl sites for hydroxylation is 1. The van der Waals surface area contributed by atoms with Gasteiger partial charge in [0, 0.05) is 40.8 Å². The van der Waals surface area contributed by atoms with Crippen LogP contribution in [0.5, 0.6) is 0 Å². The van der Waals surface area contributed by atoms with E-state index in [1.165, 1.54) is 0 Å². The van der Waals surface area contributed by atoms with Gasteiger partial charge in [0.25, 0.3) is 5.91 Å². The Hall–Kier alpha value is -2.99. The Morgan fingerprint density at radius 1 is 1.19 bits per heavy atom. The Labute approximate surface area is 161 Å². The van der Waals surface area contributed by atoms with Crippen molar-refractivity contribution in [2.45, 2.75) is 19.8 Å². The maximum atomic E-state index is 12.6. The van der Waals surface area contributed by atoms with E-state index in [1.807, 2.05) is 48.7 Å². The smallest absolute Gasteiger partial charge is 0.255 e. The minimum absolute atomic E-state index is 0.140. The van der Waals surface area contributed by atoms with Gasteiger partial charge in [-0.3, -0.25) is 9.59 Å². The van der Waals surface area contributed by atoms with Gasteiger partial charge in [-0.1, -0.05) is 12.1 Å². The molecule has 2 heterocycles. The molecule has 5 nitrogen and oxygen atoms in total. The highest BCUT2D eigenvalue weighted by atomic mass is 32.1. The van der Waals surface area contributed by atoms with Crippen LogP contribution in [-0.2, 0) is 4.79 Å².